The number of rotatable bonds is 5. The molecular weight excluding hydrogens is 355 g/mol. The molecule has 0 aliphatic carbocycles. The third kappa shape index (κ3) is 3.67. The quantitative estimate of drug-likeness (QED) is 0.519. The van der Waals surface area contributed by atoms with Gasteiger partial charge in [-0.3, -0.25) is 0 Å². The average Bonchev–Trinajstić information content (AvgIpc) is 3.10. The van der Waals surface area contributed by atoms with Crippen LogP contribution in [0.15, 0.2) is 48.9 Å². The highest BCUT2D eigenvalue weighted by Gasteiger charge is 2.11. The lowest BCUT2D eigenvalue weighted by Gasteiger charge is -2.08. The maximum Gasteiger partial charge on any atom is 0.218 e. The summed E-state index contributed by atoms with van der Waals surface area (Å²) in [5.41, 5.74) is 4.57. The Morgan fingerprint density at radius 3 is 2.89 bits per heavy atom. The van der Waals surface area contributed by atoms with E-state index in [-0.39, 0.29) is 0 Å². The van der Waals surface area contributed by atoms with Gasteiger partial charge in [0.25, 0.3) is 0 Å². The number of aromatic nitrogens is 4. The van der Waals surface area contributed by atoms with Crippen LogP contribution in [0.1, 0.15) is 27.9 Å². The summed E-state index contributed by atoms with van der Waals surface area (Å²) >= 11 is 0. The number of anilines is 1. The van der Waals surface area contributed by atoms with E-state index >= 15 is 0 Å². The molecule has 0 aliphatic rings. The van der Waals surface area contributed by atoms with Gasteiger partial charge in [0.05, 0.1) is 0 Å². The van der Waals surface area contributed by atoms with Gasteiger partial charge in [-0.05, 0) is 47.9 Å². The van der Waals surface area contributed by atoms with E-state index in [1.807, 2.05) is 25.3 Å². The second kappa shape index (κ2) is 7.45. The van der Waals surface area contributed by atoms with Gasteiger partial charge in [-0.1, -0.05) is 6.07 Å². The maximum absolute atomic E-state index is 14.5. The van der Waals surface area contributed by atoms with Crippen molar-refractivity contribution >= 4 is 16.9 Å². The second-order valence-electron chi connectivity index (χ2n) is 6.56. The average molecular weight is 372 g/mol. The molecule has 0 bridgehead atoms. The van der Waals surface area contributed by atoms with Crippen LogP contribution in [0.5, 0.6) is 0 Å². The van der Waals surface area contributed by atoms with Crippen molar-refractivity contribution in [3.05, 3.63) is 82.8 Å². The number of hydrogen-bond acceptors (Lipinski definition) is 5. The number of hydrogen-bond donors (Lipinski definition) is 2. The smallest absolute Gasteiger partial charge is 0.218 e. The molecule has 4 heterocycles. The van der Waals surface area contributed by atoms with E-state index in [0.717, 1.165) is 27.7 Å². The van der Waals surface area contributed by atoms with E-state index in [4.69, 9.17) is 5.26 Å². The summed E-state index contributed by atoms with van der Waals surface area (Å²) in [6.07, 6.45) is 5.66. The van der Waals surface area contributed by atoms with Gasteiger partial charge in [-0.25, -0.2) is 15.0 Å². The van der Waals surface area contributed by atoms with Crippen LogP contribution in [0.2, 0.25) is 0 Å². The number of halogens is 1. The summed E-state index contributed by atoms with van der Waals surface area (Å²) in [6.45, 7) is 2.41. The lowest BCUT2D eigenvalue weighted by atomic mass is 10.1. The van der Waals surface area contributed by atoms with Crippen molar-refractivity contribution in [1.82, 2.24) is 19.9 Å². The Morgan fingerprint density at radius 2 is 2.07 bits per heavy atom. The highest BCUT2D eigenvalue weighted by molar-refractivity contribution is 5.80. The fourth-order valence-electron chi connectivity index (χ4n) is 3.05. The summed E-state index contributed by atoms with van der Waals surface area (Å²) in [5, 5.41) is 13.0. The Bertz CT molecular complexity index is 1190. The molecule has 28 heavy (non-hydrogen) atoms. The first kappa shape index (κ1) is 17.6. The maximum atomic E-state index is 14.5. The van der Waals surface area contributed by atoms with Crippen molar-refractivity contribution in [1.29, 1.82) is 5.26 Å². The highest BCUT2D eigenvalue weighted by atomic mass is 19.1. The minimum Gasteiger partial charge on any atom is -0.366 e. The third-order valence-electron chi connectivity index (χ3n) is 4.47. The zero-order valence-electron chi connectivity index (χ0n) is 15.2. The molecule has 4 aromatic heterocycles. The van der Waals surface area contributed by atoms with Gasteiger partial charge in [-0.15, -0.1) is 0 Å². The van der Waals surface area contributed by atoms with Crippen molar-refractivity contribution in [2.24, 2.45) is 0 Å². The van der Waals surface area contributed by atoms with E-state index in [1.54, 1.807) is 36.7 Å². The molecule has 0 saturated heterocycles. The van der Waals surface area contributed by atoms with E-state index < -0.39 is 5.95 Å². The predicted molar refractivity (Wildman–Crippen MR) is 104 cm³/mol. The SMILES string of the molecule is Cc1cnc2[nH]cc(Cc3ccc(NCc4ccnc(C#N)c4)nc3F)c2c1. The molecule has 0 aromatic carbocycles. The van der Waals surface area contributed by atoms with E-state index in [9.17, 15) is 4.39 Å². The van der Waals surface area contributed by atoms with Gasteiger partial charge >= 0.3 is 0 Å². The normalized spacial score (nSPS) is 10.8. The van der Waals surface area contributed by atoms with Crippen LogP contribution in [0, 0.1) is 24.2 Å². The van der Waals surface area contributed by atoms with Crippen LogP contribution >= 0.6 is 0 Å². The molecule has 0 aliphatic heterocycles. The molecule has 4 rings (SSSR count). The summed E-state index contributed by atoms with van der Waals surface area (Å²) in [7, 11) is 0. The van der Waals surface area contributed by atoms with Crippen molar-refractivity contribution < 1.29 is 4.39 Å². The number of aryl methyl sites for hydroxylation is 1. The highest BCUT2D eigenvalue weighted by Crippen LogP contribution is 2.22. The van der Waals surface area contributed by atoms with Crippen LogP contribution < -0.4 is 5.32 Å². The van der Waals surface area contributed by atoms with Crippen molar-refractivity contribution in [2.75, 3.05) is 5.32 Å². The standard InChI is InChI=1S/C21H17FN6/c1-13-6-18-16(12-27-21(18)26-10-13)8-15-2-3-19(28-20(15)22)25-11-14-4-5-24-17(7-14)9-23/h2-7,10,12H,8,11H2,1H3,(H,25,28)(H,26,27). The van der Waals surface area contributed by atoms with Gasteiger partial charge < -0.3 is 10.3 Å². The largest absolute Gasteiger partial charge is 0.366 e. The molecule has 0 radical (unpaired) electrons. The first-order chi connectivity index (χ1) is 13.6. The van der Waals surface area contributed by atoms with Crippen LogP contribution in [-0.2, 0) is 13.0 Å². The van der Waals surface area contributed by atoms with Gasteiger partial charge in [-0.2, -0.15) is 9.65 Å². The van der Waals surface area contributed by atoms with E-state index in [2.05, 4.69) is 25.3 Å². The summed E-state index contributed by atoms with van der Waals surface area (Å²) in [5.74, 6) is -0.0691. The van der Waals surface area contributed by atoms with Crippen molar-refractivity contribution in [2.45, 2.75) is 19.9 Å². The van der Waals surface area contributed by atoms with Gasteiger partial charge in [0, 0.05) is 42.5 Å². The number of aromatic amines is 1. The molecule has 0 amide bonds. The molecule has 7 heteroatoms. The summed E-state index contributed by atoms with van der Waals surface area (Å²) in [4.78, 5) is 15.4. The molecule has 0 unspecified atom stereocenters. The molecule has 0 spiro atoms. The zero-order valence-corrected chi connectivity index (χ0v) is 15.2. The van der Waals surface area contributed by atoms with E-state index in [0.29, 0.717) is 30.0 Å². The molecule has 0 saturated carbocycles. The number of nitriles is 1. The lowest BCUT2D eigenvalue weighted by Crippen LogP contribution is -2.04. The molecule has 0 fully saturated rings. The molecule has 0 atom stereocenters. The van der Waals surface area contributed by atoms with Crippen LogP contribution in [0.3, 0.4) is 0 Å². The Labute approximate surface area is 161 Å². The molecule has 138 valence electrons. The minimum atomic E-state index is -0.507. The van der Waals surface area contributed by atoms with Gasteiger partial charge in [0.15, 0.2) is 0 Å². The van der Waals surface area contributed by atoms with Crippen LogP contribution in [0.4, 0.5) is 10.2 Å². The Balaban J connectivity index is 1.49. The number of H-pyrrole nitrogens is 1. The van der Waals surface area contributed by atoms with E-state index in [1.165, 1.54) is 0 Å². The lowest BCUT2D eigenvalue weighted by molar-refractivity contribution is 0.571. The fraction of sp³-hybridized carbons (Fsp3) is 0.143. The topological polar surface area (TPSA) is 90.3 Å². The molecular formula is C21H17FN6. The predicted octanol–water partition coefficient (Wildman–Crippen LogP) is 3.88. The molecule has 2 N–H and O–H groups in total. The number of pyridine rings is 3. The first-order valence-corrected chi connectivity index (χ1v) is 8.79. The van der Waals surface area contributed by atoms with Gasteiger partial charge in [0.1, 0.15) is 23.2 Å². The Kier molecular flexibility index (Phi) is 4.68. The number of nitrogens with zero attached hydrogens (tertiary/aromatic N) is 4. The van der Waals surface area contributed by atoms with Crippen LogP contribution in [0.25, 0.3) is 11.0 Å². The Morgan fingerprint density at radius 1 is 1.18 bits per heavy atom. The minimum absolute atomic E-state index is 0.345. The van der Waals surface area contributed by atoms with Gasteiger partial charge in [0.2, 0.25) is 5.95 Å². The number of nitrogens with one attached hydrogen (secondary N) is 2. The molecule has 4 aromatic rings. The monoisotopic (exact) mass is 372 g/mol. The van der Waals surface area contributed by atoms with Crippen LogP contribution in [-0.4, -0.2) is 19.9 Å². The number of fused-ring (bicyclic) bond motifs is 1. The fourth-order valence-corrected chi connectivity index (χ4v) is 3.05. The third-order valence-corrected chi connectivity index (χ3v) is 4.47. The molecule has 6 nitrogen and oxygen atoms in total. The van der Waals surface area contributed by atoms with Crippen molar-refractivity contribution in [3.8, 4) is 6.07 Å². The Hall–Kier alpha value is -3.79. The summed E-state index contributed by atoms with van der Waals surface area (Å²) < 4.78 is 14.5. The second-order valence-corrected chi connectivity index (χ2v) is 6.56. The first-order valence-electron chi connectivity index (χ1n) is 8.79. The zero-order chi connectivity index (χ0) is 19.5. The summed E-state index contributed by atoms with van der Waals surface area (Å²) in [6, 6.07) is 11.0. The van der Waals surface area contributed by atoms with Crippen molar-refractivity contribution in [3.63, 3.8) is 0 Å².